The summed E-state index contributed by atoms with van der Waals surface area (Å²) in [6.45, 7) is 2.02. The molecule has 1 N–H and O–H groups in total. The van der Waals surface area contributed by atoms with Gasteiger partial charge in [-0.1, -0.05) is 24.3 Å². The summed E-state index contributed by atoms with van der Waals surface area (Å²) in [7, 11) is 0. The summed E-state index contributed by atoms with van der Waals surface area (Å²) in [6, 6.07) is 9.82. The van der Waals surface area contributed by atoms with E-state index in [1.165, 1.54) is 6.92 Å². The Labute approximate surface area is 93.8 Å². The minimum absolute atomic E-state index is 0.0331. The van der Waals surface area contributed by atoms with Gasteiger partial charge in [0.1, 0.15) is 11.3 Å². The van der Waals surface area contributed by atoms with Crippen molar-refractivity contribution in [1.82, 2.24) is 5.32 Å². The zero-order valence-electron chi connectivity index (χ0n) is 9.07. The third kappa shape index (κ3) is 2.51. The summed E-state index contributed by atoms with van der Waals surface area (Å²) in [4.78, 5) is 10.6. The van der Waals surface area contributed by atoms with E-state index in [0.717, 1.165) is 16.7 Å². The van der Waals surface area contributed by atoms with Crippen LogP contribution in [0.2, 0.25) is 0 Å². The molecule has 0 aliphatic heterocycles. The lowest BCUT2D eigenvalue weighted by Crippen LogP contribution is -2.19. The number of furan rings is 1. The van der Waals surface area contributed by atoms with Gasteiger partial charge in [-0.15, -0.1) is 0 Å². The second-order valence-corrected chi connectivity index (χ2v) is 3.53. The molecule has 0 aliphatic rings. The summed E-state index contributed by atoms with van der Waals surface area (Å²) in [6.07, 6.45) is 3.72. The number of rotatable bonds is 3. The molecule has 0 spiro atoms. The van der Waals surface area contributed by atoms with Crippen LogP contribution in [0.5, 0.6) is 0 Å². The van der Waals surface area contributed by atoms with E-state index < -0.39 is 0 Å². The number of para-hydroxylation sites is 1. The number of carbonyl (C=O) groups is 1. The van der Waals surface area contributed by atoms with Crippen molar-refractivity contribution in [2.75, 3.05) is 6.54 Å². The van der Waals surface area contributed by atoms with Crippen LogP contribution in [0, 0.1) is 0 Å². The van der Waals surface area contributed by atoms with Crippen molar-refractivity contribution in [3.05, 3.63) is 42.2 Å². The van der Waals surface area contributed by atoms with Crippen LogP contribution >= 0.6 is 0 Å². The molecule has 16 heavy (non-hydrogen) atoms. The Bertz CT molecular complexity index is 492. The predicted octanol–water partition coefficient (Wildman–Crippen LogP) is 2.58. The van der Waals surface area contributed by atoms with Crippen molar-refractivity contribution in [1.29, 1.82) is 0 Å². The molecule has 3 heteroatoms. The topological polar surface area (TPSA) is 42.2 Å². The SMILES string of the molecule is CC(=O)NCC=Cc1cc2ccccc2o1. The van der Waals surface area contributed by atoms with Crippen molar-refractivity contribution in [3.8, 4) is 0 Å². The van der Waals surface area contributed by atoms with Crippen LogP contribution in [0.1, 0.15) is 12.7 Å². The van der Waals surface area contributed by atoms with E-state index in [1.54, 1.807) is 0 Å². The first-order valence-electron chi connectivity index (χ1n) is 5.15. The fourth-order valence-electron chi connectivity index (χ4n) is 1.46. The van der Waals surface area contributed by atoms with E-state index in [0.29, 0.717) is 6.54 Å². The van der Waals surface area contributed by atoms with Gasteiger partial charge in [-0.25, -0.2) is 0 Å². The summed E-state index contributed by atoms with van der Waals surface area (Å²) in [5.74, 6) is 0.765. The van der Waals surface area contributed by atoms with Gasteiger partial charge < -0.3 is 9.73 Å². The van der Waals surface area contributed by atoms with Crippen LogP contribution in [0.4, 0.5) is 0 Å². The molecule has 1 heterocycles. The second-order valence-electron chi connectivity index (χ2n) is 3.53. The lowest BCUT2D eigenvalue weighted by atomic mass is 10.2. The Morgan fingerprint density at radius 2 is 2.25 bits per heavy atom. The Balaban J connectivity index is 2.06. The monoisotopic (exact) mass is 215 g/mol. The molecule has 3 nitrogen and oxygen atoms in total. The smallest absolute Gasteiger partial charge is 0.217 e. The first-order valence-corrected chi connectivity index (χ1v) is 5.15. The molecule has 1 aromatic heterocycles. The molecule has 2 aromatic rings. The van der Waals surface area contributed by atoms with Gasteiger partial charge in [-0.05, 0) is 18.2 Å². The largest absolute Gasteiger partial charge is 0.457 e. The molecular weight excluding hydrogens is 202 g/mol. The highest BCUT2D eigenvalue weighted by atomic mass is 16.3. The molecule has 0 atom stereocenters. The molecule has 1 amide bonds. The summed E-state index contributed by atoms with van der Waals surface area (Å²) in [5.41, 5.74) is 0.877. The number of hydrogen-bond donors (Lipinski definition) is 1. The van der Waals surface area contributed by atoms with Crippen molar-refractivity contribution in [2.24, 2.45) is 0 Å². The molecule has 0 saturated heterocycles. The van der Waals surface area contributed by atoms with E-state index in [9.17, 15) is 4.79 Å². The number of nitrogens with one attached hydrogen (secondary N) is 1. The molecule has 0 unspecified atom stereocenters. The van der Waals surface area contributed by atoms with E-state index in [-0.39, 0.29) is 5.91 Å². The van der Waals surface area contributed by atoms with Crippen molar-refractivity contribution >= 4 is 23.0 Å². The molecule has 0 radical (unpaired) electrons. The molecule has 2 rings (SSSR count). The third-order valence-corrected chi connectivity index (χ3v) is 2.20. The average Bonchev–Trinajstić information content (AvgIpc) is 2.66. The highest BCUT2D eigenvalue weighted by Crippen LogP contribution is 2.19. The molecule has 0 bridgehead atoms. The fraction of sp³-hybridized carbons (Fsp3) is 0.154. The van der Waals surface area contributed by atoms with E-state index in [4.69, 9.17) is 4.42 Å². The summed E-state index contributed by atoms with van der Waals surface area (Å²) < 4.78 is 5.58. The van der Waals surface area contributed by atoms with Gasteiger partial charge in [0.2, 0.25) is 5.91 Å². The quantitative estimate of drug-likeness (QED) is 0.855. The second kappa shape index (κ2) is 4.66. The first-order chi connectivity index (χ1) is 7.75. The van der Waals surface area contributed by atoms with Gasteiger partial charge in [0.25, 0.3) is 0 Å². The lowest BCUT2D eigenvalue weighted by Gasteiger charge is -1.93. The first kappa shape index (κ1) is 10.5. The summed E-state index contributed by atoms with van der Waals surface area (Å²) in [5, 5.41) is 3.77. The zero-order valence-corrected chi connectivity index (χ0v) is 9.07. The van der Waals surface area contributed by atoms with Gasteiger partial charge >= 0.3 is 0 Å². The Morgan fingerprint density at radius 3 is 3.00 bits per heavy atom. The van der Waals surface area contributed by atoms with Gasteiger partial charge in [-0.2, -0.15) is 0 Å². The van der Waals surface area contributed by atoms with Crippen molar-refractivity contribution in [2.45, 2.75) is 6.92 Å². The minimum atomic E-state index is -0.0331. The lowest BCUT2D eigenvalue weighted by molar-refractivity contribution is -0.118. The van der Waals surface area contributed by atoms with Crippen LogP contribution in [0.3, 0.4) is 0 Å². The van der Waals surface area contributed by atoms with Gasteiger partial charge in [0, 0.05) is 18.9 Å². The number of carbonyl (C=O) groups excluding carboxylic acids is 1. The van der Waals surface area contributed by atoms with Gasteiger partial charge in [0.15, 0.2) is 0 Å². The maximum Gasteiger partial charge on any atom is 0.217 e. The fourth-order valence-corrected chi connectivity index (χ4v) is 1.46. The molecule has 0 fully saturated rings. The highest BCUT2D eigenvalue weighted by Gasteiger charge is 1.98. The van der Waals surface area contributed by atoms with Crippen LogP contribution in [-0.2, 0) is 4.79 Å². The van der Waals surface area contributed by atoms with Gasteiger partial charge in [-0.3, -0.25) is 4.79 Å². The Kier molecular flexibility index (Phi) is 3.05. The molecule has 1 aromatic carbocycles. The molecule has 0 saturated carbocycles. The van der Waals surface area contributed by atoms with Crippen LogP contribution in [0.25, 0.3) is 17.0 Å². The number of fused-ring (bicyclic) bond motifs is 1. The van der Waals surface area contributed by atoms with E-state index in [2.05, 4.69) is 5.32 Å². The number of amides is 1. The maximum atomic E-state index is 10.6. The van der Waals surface area contributed by atoms with Crippen LogP contribution in [0.15, 0.2) is 40.8 Å². The Morgan fingerprint density at radius 1 is 1.44 bits per heavy atom. The minimum Gasteiger partial charge on any atom is -0.457 e. The zero-order chi connectivity index (χ0) is 11.4. The van der Waals surface area contributed by atoms with Crippen LogP contribution < -0.4 is 5.32 Å². The van der Waals surface area contributed by atoms with E-state index in [1.807, 2.05) is 42.5 Å². The average molecular weight is 215 g/mol. The normalized spacial score (nSPS) is 11.1. The Hall–Kier alpha value is -2.03. The van der Waals surface area contributed by atoms with Crippen molar-refractivity contribution in [3.63, 3.8) is 0 Å². The van der Waals surface area contributed by atoms with E-state index >= 15 is 0 Å². The van der Waals surface area contributed by atoms with Crippen LogP contribution in [-0.4, -0.2) is 12.5 Å². The van der Waals surface area contributed by atoms with Gasteiger partial charge in [0.05, 0.1) is 0 Å². The number of benzene rings is 1. The highest BCUT2D eigenvalue weighted by molar-refractivity contribution is 5.79. The standard InChI is InChI=1S/C13H13NO2/c1-10(15)14-8-4-6-12-9-11-5-2-3-7-13(11)16-12/h2-7,9H,8H2,1H3,(H,14,15). The predicted molar refractivity (Wildman–Crippen MR) is 63.9 cm³/mol. The molecular formula is C13H13NO2. The maximum absolute atomic E-state index is 10.6. The summed E-state index contributed by atoms with van der Waals surface area (Å²) >= 11 is 0. The van der Waals surface area contributed by atoms with Crippen molar-refractivity contribution < 1.29 is 9.21 Å². The molecule has 82 valence electrons. The molecule has 0 aliphatic carbocycles. The third-order valence-electron chi connectivity index (χ3n) is 2.20. The number of hydrogen-bond acceptors (Lipinski definition) is 2.